The fraction of sp³-hybridized carbons (Fsp3) is 0.636. The van der Waals surface area contributed by atoms with Crippen LogP contribution in [0.25, 0.3) is 0 Å². The Kier molecular flexibility index (Phi) is 4.48. The van der Waals surface area contributed by atoms with Crippen LogP contribution in [0.2, 0.25) is 5.15 Å². The molecule has 0 aliphatic carbocycles. The first-order valence-corrected chi connectivity index (χ1v) is 7.28. The van der Waals surface area contributed by atoms with Crippen molar-refractivity contribution in [2.24, 2.45) is 0 Å². The van der Waals surface area contributed by atoms with E-state index >= 15 is 0 Å². The van der Waals surface area contributed by atoms with Crippen LogP contribution in [0.5, 0.6) is 0 Å². The van der Waals surface area contributed by atoms with Crippen molar-refractivity contribution in [3.8, 4) is 0 Å². The van der Waals surface area contributed by atoms with Gasteiger partial charge in [-0.3, -0.25) is 0 Å². The normalized spacial score (nSPS) is 20.6. The van der Waals surface area contributed by atoms with Crippen molar-refractivity contribution >= 4 is 29.2 Å². The number of hydrogen-bond acceptors (Lipinski definition) is 5. The van der Waals surface area contributed by atoms with Gasteiger partial charge in [0, 0.05) is 19.2 Å². The maximum atomic E-state index is 6.00. The molecule has 2 heterocycles. The molecule has 0 saturated carbocycles. The zero-order chi connectivity index (χ0) is 12.3. The summed E-state index contributed by atoms with van der Waals surface area (Å²) in [6, 6.07) is 1.82. The van der Waals surface area contributed by atoms with E-state index in [1.54, 1.807) is 0 Å². The van der Waals surface area contributed by atoms with Gasteiger partial charge in [-0.15, -0.1) is 0 Å². The molecule has 0 radical (unpaired) electrons. The smallest absolute Gasteiger partial charge is 0.190 e. The molecule has 1 fully saturated rings. The number of aromatic nitrogens is 2. The number of ether oxygens (including phenoxy) is 1. The van der Waals surface area contributed by atoms with Crippen molar-refractivity contribution in [1.82, 2.24) is 9.97 Å². The largest absolute Gasteiger partial charge is 0.375 e. The monoisotopic (exact) mass is 273 g/mol. The third kappa shape index (κ3) is 3.24. The van der Waals surface area contributed by atoms with E-state index in [1.807, 2.05) is 12.3 Å². The van der Waals surface area contributed by atoms with Crippen molar-refractivity contribution < 1.29 is 4.74 Å². The van der Waals surface area contributed by atoms with Crippen molar-refractivity contribution in [1.29, 1.82) is 0 Å². The van der Waals surface area contributed by atoms with E-state index in [1.165, 1.54) is 11.8 Å². The van der Waals surface area contributed by atoms with E-state index in [0.717, 1.165) is 31.9 Å². The number of anilines is 1. The van der Waals surface area contributed by atoms with E-state index in [9.17, 15) is 0 Å². The average molecular weight is 274 g/mol. The summed E-state index contributed by atoms with van der Waals surface area (Å²) in [6.07, 6.45) is 3.25. The van der Waals surface area contributed by atoms with Gasteiger partial charge in [0.2, 0.25) is 0 Å². The van der Waals surface area contributed by atoms with Gasteiger partial charge < -0.3 is 9.64 Å². The fourth-order valence-corrected chi connectivity index (χ4v) is 2.42. The average Bonchev–Trinajstić information content (AvgIpc) is 2.38. The van der Waals surface area contributed by atoms with E-state index in [4.69, 9.17) is 16.3 Å². The fourth-order valence-electron chi connectivity index (χ4n) is 1.81. The first kappa shape index (κ1) is 12.9. The number of halogens is 1. The Bertz CT molecular complexity index is 391. The molecule has 0 amide bonds. The highest BCUT2D eigenvalue weighted by Gasteiger charge is 2.20. The van der Waals surface area contributed by atoms with Gasteiger partial charge in [0.1, 0.15) is 11.0 Å². The summed E-state index contributed by atoms with van der Waals surface area (Å²) in [5.41, 5.74) is 0. The Morgan fingerprint density at radius 2 is 2.41 bits per heavy atom. The molecule has 1 aliphatic rings. The second-order valence-corrected chi connectivity index (χ2v) is 5.04. The third-order valence-electron chi connectivity index (χ3n) is 2.76. The highest BCUT2D eigenvalue weighted by atomic mass is 35.5. The van der Waals surface area contributed by atoms with Crippen LogP contribution in [0.1, 0.15) is 13.3 Å². The predicted octanol–water partition coefficient (Wildman–Crippen LogP) is 2.47. The van der Waals surface area contributed by atoms with Gasteiger partial charge in [-0.05, 0) is 12.7 Å². The summed E-state index contributed by atoms with van der Waals surface area (Å²) in [7, 11) is 0. The van der Waals surface area contributed by atoms with E-state index in [0.29, 0.717) is 10.3 Å². The topological polar surface area (TPSA) is 38.2 Å². The minimum atomic E-state index is 0.287. The molecule has 1 aliphatic heterocycles. The maximum absolute atomic E-state index is 6.00. The van der Waals surface area contributed by atoms with Crippen molar-refractivity contribution in [3.05, 3.63) is 11.2 Å². The van der Waals surface area contributed by atoms with Gasteiger partial charge in [0.15, 0.2) is 5.16 Å². The lowest BCUT2D eigenvalue weighted by Gasteiger charge is -2.33. The number of thioether (sulfide) groups is 1. The van der Waals surface area contributed by atoms with Gasteiger partial charge in [-0.25, -0.2) is 9.97 Å². The summed E-state index contributed by atoms with van der Waals surface area (Å²) >= 11 is 7.50. The molecule has 0 bridgehead atoms. The molecular formula is C11H16ClN3OS. The highest BCUT2D eigenvalue weighted by Crippen LogP contribution is 2.22. The number of nitrogens with zero attached hydrogens (tertiary/aromatic N) is 3. The van der Waals surface area contributed by atoms with Gasteiger partial charge >= 0.3 is 0 Å². The minimum Gasteiger partial charge on any atom is -0.375 e. The van der Waals surface area contributed by atoms with Crippen LogP contribution in [0.4, 0.5) is 5.82 Å². The first-order chi connectivity index (χ1) is 8.22. The van der Waals surface area contributed by atoms with Crippen LogP contribution < -0.4 is 4.90 Å². The molecule has 0 N–H and O–H groups in total. The molecule has 1 aromatic heterocycles. The Morgan fingerprint density at radius 1 is 1.59 bits per heavy atom. The quantitative estimate of drug-likeness (QED) is 0.481. The molecule has 94 valence electrons. The van der Waals surface area contributed by atoms with E-state index < -0.39 is 0 Å². The number of morpholine rings is 1. The van der Waals surface area contributed by atoms with Gasteiger partial charge in [0.25, 0.3) is 0 Å². The summed E-state index contributed by atoms with van der Waals surface area (Å²) in [5, 5.41) is 1.21. The Hall–Kier alpha value is -0.520. The molecule has 6 heteroatoms. The number of hydrogen-bond donors (Lipinski definition) is 0. The summed E-state index contributed by atoms with van der Waals surface area (Å²) in [4.78, 5) is 10.8. The molecule has 1 atom stereocenters. The lowest BCUT2D eigenvalue weighted by atomic mass is 10.2. The SMILES string of the molecule is CC[C@H]1CN(c2cc(Cl)nc(SC)n2)CCO1. The van der Waals surface area contributed by atoms with Crippen molar-refractivity contribution in [2.45, 2.75) is 24.6 Å². The van der Waals surface area contributed by atoms with Gasteiger partial charge in [-0.1, -0.05) is 30.3 Å². The second-order valence-electron chi connectivity index (χ2n) is 3.88. The molecule has 17 heavy (non-hydrogen) atoms. The summed E-state index contributed by atoms with van der Waals surface area (Å²) in [6.45, 7) is 4.61. The lowest BCUT2D eigenvalue weighted by Crippen LogP contribution is -2.42. The Labute approximate surface area is 111 Å². The van der Waals surface area contributed by atoms with Crippen LogP contribution >= 0.6 is 23.4 Å². The standard InChI is InChI=1S/C11H16ClN3OS/c1-3-8-7-15(4-5-16-8)10-6-9(12)13-11(14-10)17-2/h6,8H,3-5,7H2,1-2H3/t8-/m0/s1. The zero-order valence-electron chi connectivity index (χ0n) is 10.0. The Morgan fingerprint density at radius 3 is 3.12 bits per heavy atom. The molecule has 0 spiro atoms. The highest BCUT2D eigenvalue weighted by molar-refractivity contribution is 7.98. The van der Waals surface area contributed by atoms with Crippen LogP contribution in [-0.2, 0) is 4.74 Å². The van der Waals surface area contributed by atoms with Crippen LogP contribution in [0.15, 0.2) is 11.2 Å². The molecular weight excluding hydrogens is 258 g/mol. The first-order valence-electron chi connectivity index (χ1n) is 5.68. The second kappa shape index (κ2) is 5.89. The van der Waals surface area contributed by atoms with E-state index in [2.05, 4.69) is 21.8 Å². The maximum Gasteiger partial charge on any atom is 0.190 e. The zero-order valence-corrected chi connectivity index (χ0v) is 11.6. The van der Waals surface area contributed by atoms with Crippen LogP contribution in [-0.4, -0.2) is 42.0 Å². The minimum absolute atomic E-state index is 0.287. The molecule has 0 unspecified atom stereocenters. The molecule has 1 aromatic rings. The van der Waals surface area contributed by atoms with Crippen molar-refractivity contribution in [2.75, 3.05) is 30.9 Å². The van der Waals surface area contributed by atoms with Gasteiger partial charge in [0.05, 0.1) is 12.7 Å². The summed E-state index contributed by atoms with van der Waals surface area (Å²) in [5.74, 6) is 0.899. The van der Waals surface area contributed by atoms with Crippen LogP contribution in [0, 0.1) is 0 Å². The Balaban J connectivity index is 2.18. The van der Waals surface area contributed by atoms with E-state index in [-0.39, 0.29) is 6.10 Å². The third-order valence-corrected chi connectivity index (χ3v) is 3.50. The molecule has 4 nitrogen and oxygen atoms in total. The molecule has 2 rings (SSSR count). The van der Waals surface area contributed by atoms with Crippen molar-refractivity contribution in [3.63, 3.8) is 0 Å². The lowest BCUT2D eigenvalue weighted by molar-refractivity contribution is 0.0381. The van der Waals surface area contributed by atoms with Crippen LogP contribution in [0.3, 0.4) is 0 Å². The molecule has 0 aromatic carbocycles. The summed E-state index contributed by atoms with van der Waals surface area (Å²) < 4.78 is 5.64. The van der Waals surface area contributed by atoms with Gasteiger partial charge in [-0.2, -0.15) is 0 Å². The predicted molar refractivity (Wildman–Crippen MR) is 71.1 cm³/mol. The molecule has 1 saturated heterocycles. The number of rotatable bonds is 3.